The lowest BCUT2D eigenvalue weighted by atomic mass is 9.99. The van der Waals surface area contributed by atoms with Gasteiger partial charge in [0.2, 0.25) is 5.28 Å². The Morgan fingerprint density at radius 2 is 1.86 bits per heavy atom. The predicted molar refractivity (Wildman–Crippen MR) is 89.7 cm³/mol. The van der Waals surface area contributed by atoms with Crippen LogP contribution in [0.5, 0.6) is 0 Å². The molecule has 5 atom stereocenters. The number of hydrogen-bond acceptors (Lipinski definition) is 6. The maximum absolute atomic E-state index is 14.1. The van der Waals surface area contributed by atoms with E-state index in [2.05, 4.69) is 9.97 Å². The fraction of sp³-hybridized carbons (Fsp3) is 0.294. The Labute approximate surface area is 160 Å². The summed E-state index contributed by atoms with van der Waals surface area (Å²) in [5.41, 5.74) is -0.0542. The van der Waals surface area contributed by atoms with Gasteiger partial charge in [0.05, 0.1) is 5.39 Å². The van der Waals surface area contributed by atoms with E-state index in [1.54, 1.807) is 0 Å². The highest BCUT2D eigenvalue weighted by Gasteiger charge is 2.47. The molecule has 1 aliphatic rings. The van der Waals surface area contributed by atoms with Crippen LogP contribution in [0.25, 0.3) is 11.0 Å². The lowest BCUT2D eigenvalue weighted by molar-refractivity contribution is -0.0850. The number of aliphatic hydroxyl groups is 3. The van der Waals surface area contributed by atoms with Crippen LogP contribution in [0.1, 0.15) is 17.9 Å². The first-order chi connectivity index (χ1) is 13.3. The van der Waals surface area contributed by atoms with E-state index in [0.717, 1.165) is 35.2 Å². The molecule has 7 nitrogen and oxygen atoms in total. The molecular weight excluding hydrogens is 403 g/mol. The van der Waals surface area contributed by atoms with Crippen LogP contribution in [-0.2, 0) is 4.74 Å². The van der Waals surface area contributed by atoms with E-state index in [1.807, 2.05) is 0 Å². The molecule has 11 heteroatoms. The molecule has 1 fully saturated rings. The fourth-order valence-electron chi connectivity index (χ4n) is 3.23. The zero-order valence-electron chi connectivity index (χ0n) is 13.9. The number of benzene rings is 1. The zero-order valence-corrected chi connectivity index (χ0v) is 14.6. The van der Waals surface area contributed by atoms with Crippen LogP contribution in [0.15, 0.2) is 30.6 Å². The maximum Gasteiger partial charge on any atom is 0.224 e. The molecule has 0 amide bonds. The minimum atomic E-state index is -1.61. The summed E-state index contributed by atoms with van der Waals surface area (Å²) in [7, 11) is 0. The summed E-state index contributed by atoms with van der Waals surface area (Å²) in [6.45, 7) is 0. The molecule has 3 heterocycles. The van der Waals surface area contributed by atoms with E-state index in [9.17, 15) is 28.5 Å². The van der Waals surface area contributed by atoms with Crippen LogP contribution in [0, 0.1) is 17.5 Å². The minimum absolute atomic E-state index is 0.0108. The van der Waals surface area contributed by atoms with Crippen LogP contribution in [0.4, 0.5) is 13.2 Å². The second-order valence-electron chi connectivity index (χ2n) is 6.35. The first-order valence-electron chi connectivity index (χ1n) is 8.11. The highest BCUT2D eigenvalue weighted by molar-refractivity contribution is 6.28. The number of hydrogen-bond donors (Lipinski definition) is 3. The third-order valence-electron chi connectivity index (χ3n) is 4.64. The van der Waals surface area contributed by atoms with Crippen molar-refractivity contribution in [2.75, 3.05) is 0 Å². The number of rotatable bonds is 3. The van der Waals surface area contributed by atoms with E-state index in [-0.39, 0.29) is 21.9 Å². The monoisotopic (exact) mass is 415 g/mol. The Balaban J connectivity index is 1.68. The maximum atomic E-state index is 14.1. The number of nitrogens with zero attached hydrogens (tertiary/aromatic N) is 3. The van der Waals surface area contributed by atoms with Gasteiger partial charge in [0.25, 0.3) is 0 Å². The van der Waals surface area contributed by atoms with Crippen molar-refractivity contribution in [3.63, 3.8) is 0 Å². The van der Waals surface area contributed by atoms with E-state index in [4.69, 9.17) is 16.3 Å². The largest absolute Gasteiger partial charge is 0.387 e. The van der Waals surface area contributed by atoms with Gasteiger partial charge in [-0.3, -0.25) is 0 Å². The normalized spacial score (nSPS) is 26.1. The highest BCUT2D eigenvalue weighted by Crippen LogP contribution is 2.38. The van der Waals surface area contributed by atoms with Gasteiger partial charge in [0.1, 0.15) is 30.1 Å². The quantitative estimate of drug-likeness (QED) is 0.564. The molecule has 1 aliphatic heterocycles. The molecule has 0 bridgehead atoms. The van der Waals surface area contributed by atoms with Gasteiger partial charge >= 0.3 is 0 Å². The summed E-state index contributed by atoms with van der Waals surface area (Å²) >= 11 is 5.74. The molecule has 4 rings (SSSR count). The second kappa shape index (κ2) is 6.98. The Hall–Kier alpha value is -2.24. The molecule has 2 aromatic heterocycles. The molecule has 148 valence electrons. The third kappa shape index (κ3) is 3.03. The van der Waals surface area contributed by atoms with Gasteiger partial charge < -0.3 is 24.6 Å². The summed E-state index contributed by atoms with van der Waals surface area (Å²) in [5, 5.41) is 31.0. The Morgan fingerprint density at radius 3 is 2.57 bits per heavy atom. The predicted octanol–water partition coefficient (Wildman–Crippen LogP) is 1.85. The van der Waals surface area contributed by atoms with Gasteiger partial charge in [0.15, 0.2) is 23.7 Å². The Morgan fingerprint density at radius 1 is 1.11 bits per heavy atom. The SMILES string of the molecule is O[C@@H]1[C@H](O)[C@@H]([C@H](O)c2ccc(F)c(F)c2)O[C@H]1n1cc(F)c2cnc(Cl)nc21. The van der Waals surface area contributed by atoms with Crippen molar-refractivity contribution in [2.24, 2.45) is 0 Å². The summed E-state index contributed by atoms with van der Waals surface area (Å²) < 4.78 is 47.4. The van der Waals surface area contributed by atoms with Crippen molar-refractivity contribution < 1.29 is 33.2 Å². The summed E-state index contributed by atoms with van der Waals surface area (Å²) in [6.07, 6.45) is -5.35. The van der Waals surface area contributed by atoms with Crippen molar-refractivity contribution in [3.8, 4) is 0 Å². The standard InChI is InChI=1S/C17H13ClF3N3O4/c18-17-22-4-7-10(21)5-24(15(7)23-17)16-13(27)12(26)14(28-16)11(25)6-1-2-8(19)9(20)3-6/h1-5,11-14,16,25-27H/t11-,12+,13-,14-,16-/m1/s1. The topological polar surface area (TPSA) is 101 Å². The van der Waals surface area contributed by atoms with Crippen LogP contribution in [-0.4, -0.2) is 48.2 Å². The van der Waals surface area contributed by atoms with Crippen LogP contribution < -0.4 is 0 Å². The van der Waals surface area contributed by atoms with Crippen molar-refractivity contribution in [3.05, 3.63) is 58.9 Å². The van der Waals surface area contributed by atoms with E-state index in [1.165, 1.54) is 0 Å². The van der Waals surface area contributed by atoms with Crippen LogP contribution in [0.2, 0.25) is 5.28 Å². The molecule has 0 spiro atoms. The Kier molecular flexibility index (Phi) is 4.76. The molecular formula is C17H13ClF3N3O4. The zero-order chi connectivity index (χ0) is 20.2. The van der Waals surface area contributed by atoms with Crippen molar-refractivity contribution >= 4 is 22.6 Å². The molecule has 1 aromatic carbocycles. The first-order valence-corrected chi connectivity index (χ1v) is 8.49. The molecule has 1 saturated heterocycles. The van der Waals surface area contributed by atoms with Crippen molar-refractivity contribution in [1.29, 1.82) is 0 Å². The van der Waals surface area contributed by atoms with Gasteiger partial charge in [0, 0.05) is 12.4 Å². The average molecular weight is 416 g/mol. The van der Waals surface area contributed by atoms with Crippen LogP contribution in [0.3, 0.4) is 0 Å². The smallest absolute Gasteiger partial charge is 0.224 e. The molecule has 3 N–H and O–H groups in total. The fourth-order valence-corrected chi connectivity index (χ4v) is 3.36. The lowest BCUT2D eigenvalue weighted by Gasteiger charge is -2.21. The summed E-state index contributed by atoms with van der Waals surface area (Å²) in [6, 6.07) is 2.70. The third-order valence-corrected chi connectivity index (χ3v) is 4.82. The highest BCUT2D eigenvalue weighted by atomic mass is 35.5. The minimum Gasteiger partial charge on any atom is -0.387 e. The lowest BCUT2D eigenvalue weighted by Crippen LogP contribution is -2.34. The summed E-state index contributed by atoms with van der Waals surface area (Å²) in [4.78, 5) is 7.58. The van der Waals surface area contributed by atoms with E-state index < -0.39 is 48.1 Å². The average Bonchev–Trinajstić information content (AvgIpc) is 3.14. The first kappa shape index (κ1) is 19.1. The molecule has 0 saturated carbocycles. The van der Waals surface area contributed by atoms with E-state index in [0.29, 0.717) is 0 Å². The number of halogens is 4. The number of aliphatic hydroxyl groups excluding tert-OH is 3. The molecule has 0 unspecified atom stereocenters. The van der Waals surface area contributed by atoms with Crippen molar-refractivity contribution in [2.45, 2.75) is 30.6 Å². The van der Waals surface area contributed by atoms with Gasteiger partial charge in [-0.25, -0.2) is 18.2 Å². The molecule has 3 aromatic rings. The molecule has 0 aliphatic carbocycles. The van der Waals surface area contributed by atoms with Gasteiger partial charge in [-0.1, -0.05) is 6.07 Å². The Bertz CT molecular complexity index is 1050. The summed E-state index contributed by atoms with van der Waals surface area (Å²) in [5.74, 6) is -3.00. The number of fused-ring (bicyclic) bond motifs is 1. The van der Waals surface area contributed by atoms with Gasteiger partial charge in [-0.05, 0) is 29.3 Å². The number of aromatic nitrogens is 3. The number of ether oxygens (including phenoxy) is 1. The van der Waals surface area contributed by atoms with E-state index >= 15 is 0 Å². The molecule has 28 heavy (non-hydrogen) atoms. The van der Waals surface area contributed by atoms with Crippen LogP contribution >= 0.6 is 11.6 Å². The molecule has 0 radical (unpaired) electrons. The van der Waals surface area contributed by atoms with Gasteiger partial charge in [-0.2, -0.15) is 4.98 Å². The second-order valence-corrected chi connectivity index (χ2v) is 6.69. The van der Waals surface area contributed by atoms with Gasteiger partial charge in [-0.15, -0.1) is 0 Å². The van der Waals surface area contributed by atoms with Crippen molar-refractivity contribution in [1.82, 2.24) is 14.5 Å².